The number of halogens is 1. The second-order valence-electron chi connectivity index (χ2n) is 6.39. The Kier molecular flexibility index (Phi) is 4.56. The number of nitrogens with zero attached hydrogens (tertiary/aromatic N) is 1. The molecule has 0 spiro atoms. The smallest absolute Gasteiger partial charge is 0.187 e. The van der Waals surface area contributed by atoms with Crippen LogP contribution < -0.4 is 5.32 Å². The molecule has 3 nitrogen and oxygen atoms in total. The zero-order valence-electron chi connectivity index (χ0n) is 13.1. The van der Waals surface area contributed by atoms with Gasteiger partial charge in [0.2, 0.25) is 0 Å². The van der Waals surface area contributed by atoms with Crippen LogP contribution in [-0.2, 0) is 11.2 Å². The van der Waals surface area contributed by atoms with E-state index in [1.807, 2.05) is 24.3 Å². The summed E-state index contributed by atoms with van der Waals surface area (Å²) in [4.78, 5) is 6.12. The van der Waals surface area contributed by atoms with Crippen LogP contribution in [0.25, 0.3) is 0 Å². The molecule has 2 aliphatic carbocycles. The standard InChI is InChI=1S/C18H21ClN2OS/c19-12-8-10-13(11-9-12)20-18-21-15-6-3-7-16(17(15)23-18)22-14-4-1-2-5-14/h8-11,14,16H,1-7H2,(H,20,21). The zero-order valence-corrected chi connectivity index (χ0v) is 14.6. The Morgan fingerprint density at radius 2 is 1.87 bits per heavy atom. The largest absolute Gasteiger partial charge is 0.369 e. The maximum Gasteiger partial charge on any atom is 0.187 e. The summed E-state index contributed by atoms with van der Waals surface area (Å²) in [7, 11) is 0. The molecule has 122 valence electrons. The second kappa shape index (κ2) is 6.80. The first-order valence-electron chi connectivity index (χ1n) is 8.45. The third-order valence-corrected chi connectivity index (χ3v) is 6.01. The average molecular weight is 349 g/mol. The van der Waals surface area contributed by atoms with Crippen molar-refractivity contribution < 1.29 is 4.74 Å². The molecule has 1 aromatic heterocycles. The summed E-state index contributed by atoms with van der Waals surface area (Å²) < 4.78 is 6.38. The van der Waals surface area contributed by atoms with E-state index in [2.05, 4.69) is 5.32 Å². The van der Waals surface area contributed by atoms with E-state index in [9.17, 15) is 0 Å². The molecule has 1 N–H and O–H groups in total. The molecule has 0 aliphatic heterocycles. The van der Waals surface area contributed by atoms with Crippen molar-refractivity contribution in [3.63, 3.8) is 0 Å². The van der Waals surface area contributed by atoms with Crippen molar-refractivity contribution in [2.45, 2.75) is 57.2 Å². The van der Waals surface area contributed by atoms with Gasteiger partial charge in [0.25, 0.3) is 0 Å². The van der Waals surface area contributed by atoms with Gasteiger partial charge in [-0.3, -0.25) is 0 Å². The maximum atomic E-state index is 6.38. The summed E-state index contributed by atoms with van der Waals surface area (Å²) >= 11 is 7.69. The molecule has 0 saturated heterocycles. The quantitative estimate of drug-likeness (QED) is 0.749. The van der Waals surface area contributed by atoms with Crippen molar-refractivity contribution in [2.75, 3.05) is 5.32 Å². The monoisotopic (exact) mass is 348 g/mol. The average Bonchev–Trinajstić information content (AvgIpc) is 3.19. The highest BCUT2D eigenvalue weighted by molar-refractivity contribution is 7.15. The van der Waals surface area contributed by atoms with E-state index in [4.69, 9.17) is 21.3 Å². The lowest BCUT2D eigenvalue weighted by molar-refractivity contribution is -0.0163. The van der Waals surface area contributed by atoms with Gasteiger partial charge in [-0.2, -0.15) is 0 Å². The van der Waals surface area contributed by atoms with Crippen molar-refractivity contribution >= 4 is 33.8 Å². The Bertz CT molecular complexity index is 664. The van der Waals surface area contributed by atoms with Gasteiger partial charge in [-0.25, -0.2) is 4.98 Å². The Balaban J connectivity index is 1.50. The molecule has 1 heterocycles. The lowest BCUT2D eigenvalue weighted by Gasteiger charge is -2.24. The Hall–Kier alpha value is -1.10. The lowest BCUT2D eigenvalue weighted by atomic mass is 10.00. The highest BCUT2D eigenvalue weighted by Gasteiger charge is 2.28. The molecule has 1 unspecified atom stereocenters. The second-order valence-corrected chi connectivity index (χ2v) is 7.85. The number of rotatable bonds is 4. The van der Waals surface area contributed by atoms with Gasteiger partial charge in [-0.05, 0) is 56.4 Å². The van der Waals surface area contributed by atoms with E-state index < -0.39 is 0 Å². The molecule has 2 aliphatic rings. The Morgan fingerprint density at radius 1 is 1.09 bits per heavy atom. The number of nitrogens with one attached hydrogen (secondary N) is 1. The van der Waals surface area contributed by atoms with Crippen LogP contribution in [0.3, 0.4) is 0 Å². The van der Waals surface area contributed by atoms with E-state index in [1.54, 1.807) is 11.3 Å². The number of thiazole rings is 1. The van der Waals surface area contributed by atoms with Crippen molar-refractivity contribution in [3.8, 4) is 0 Å². The van der Waals surface area contributed by atoms with Gasteiger partial charge in [-0.15, -0.1) is 0 Å². The van der Waals surface area contributed by atoms with Crippen LogP contribution in [0.2, 0.25) is 5.02 Å². The first-order chi connectivity index (χ1) is 11.3. The van der Waals surface area contributed by atoms with Gasteiger partial charge in [0.1, 0.15) is 0 Å². The number of benzene rings is 1. The third kappa shape index (κ3) is 3.54. The van der Waals surface area contributed by atoms with Gasteiger partial charge in [0.15, 0.2) is 5.13 Å². The van der Waals surface area contributed by atoms with Crippen LogP contribution in [-0.4, -0.2) is 11.1 Å². The number of hydrogen-bond donors (Lipinski definition) is 1. The summed E-state index contributed by atoms with van der Waals surface area (Å²) in [5.74, 6) is 0. The van der Waals surface area contributed by atoms with Crippen molar-refractivity contribution in [1.29, 1.82) is 0 Å². The van der Waals surface area contributed by atoms with Crippen LogP contribution in [0.15, 0.2) is 24.3 Å². The van der Waals surface area contributed by atoms with Crippen molar-refractivity contribution in [3.05, 3.63) is 39.9 Å². The zero-order chi connectivity index (χ0) is 15.6. The summed E-state index contributed by atoms with van der Waals surface area (Å²) in [6, 6.07) is 7.75. The first-order valence-corrected chi connectivity index (χ1v) is 9.65. The van der Waals surface area contributed by atoms with E-state index in [1.165, 1.54) is 42.7 Å². The molecule has 1 atom stereocenters. The highest BCUT2D eigenvalue weighted by atomic mass is 35.5. The SMILES string of the molecule is Clc1ccc(Nc2nc3c(s2)C(OC2CCCC2)CCC3)cc1. The first kappa shape index (κ1) is 15.4. The minimum Gasteiger partial charge on any atom is -0.369 e. The van der Waals surface area contributed by atoms with Crippen LogP contribution in [0.4, 0.5) is 10.8 Å². The summed E-state index contributed by atoms with van der Waals surface area (Å²) in [5, 5.41) is 5.10. The lowest BCUT2D eigenvalue weighted by Crippen LogP contribution is -2.17. The fourth-order valence-electron chi connectivity index (χ4n) is 3.48. The number of ether oxygens (including phenoxy) is 1. The topological polar surface area (TPSA) is 34.2 Å². The molecule has 1 fully saturated rings. The molecule has 0 amide bonds. The highest BCUT2D eigenvalue weighted by Crippen LogP contribution is 2.41. The Labute approximate surface area is 146 Å². The third-order valence-electron chi connectivity index (χ3n) is 4.65. The molecule has 0 bridgehead atoms. The molecule has 1 saturated carbocycles. The van der Waals surface area contributed by atoms with Crippen molar-refractivity contribution in [1.82, 2.24) is 4.98 Å². The molecule has 0 radical (unpaired) electrons. The minimum atomic E-state index is 0.250. The van der Waals surface area contributed by atoms with Gasteiger partial charge in [0.05, 0.1) is 22.8 Å². The predicted octanol–water partition coefficient (Wildman–Crippen LogP) is 5.88. The van der Waals surface area contributed by atoms with E-state index in [-0.39, 0.29) is 6.10 Å². The Morgan fingerprint density at radius 3 is 2.65 bits per heavy atom. The summed E-state index contributed by atoms with van der Waals surface area (Å²) in [5.41, 5.74) is 2.24. The van der Waals surface area contributed by atoms with Crippen LogP contribution in [0, 0.1) is 0 Å². The van der Waals surface area contributed by atoms with Crippen LogP contribution in [0.5, 0.6) is 0 Å². The summed E-state index contributed by atoms with van der Waals surface area (Å²) in [6.45, 7) is 0. The van der Waals surface area contributed by atoms with Crippen molar-refractivity contribution in [2.24, 2.45) is 0 Å². The number of anilines is 2. The predicted molar refractivity (Wildman–Crippen MR) is 95.9 cm³/mol. The molecule has 1 aromatic carbocycles. The fraction of sp³-hybridized carbons (Fsp3) is 0.500. The molecule has 23 heavy (non-hydrogen) atoms. The number of aromatic nitrogens is 1. The normalized spacial score (nSPS) is 21.3. The van der Waals surface area contributed by atoms with Gasteiger partial charge < -0.3 is 10.1 Å². The van der Waals surface area contributed by atoms with Gasteiger partial charge in [-0.1, -0.05) is 35.8 Å². The van der Waals surface area contributed by atoms with E-state index >= 15 is 0 Å². The van der Waals surface area contributed by atoms with E-state index in [0.717, 1.165) is 28.7 Å². The van der Waals surface area contributed by atoms with Gasteiger partial charge in [0, 0.05) is 10.7 Å². The minimum absolute atomic E-state index is 0.250. The number of hydrogen-bond acceptors (Lipinski definition) is 4. The van der Waals surface area contributed by atoms with Gasteiger partial charge >= 0.3 is 0 Å². The van der Waals surface area contributed by atoms with E-state index in [0.29, 0.717) is 6.10 Å². The number of fused-ring (bicyclic) bond motifs is 1. The van der Waals surface area contributed by atoms with Crippen LogP contribution >= 0.6 is 22.9 Å². The molecular weight excluding hydrogens is 328 g/mol. The molecular formula is C18H21ClN2OS. The summed E-state index contributed by atoms with van der Waals surface area (Å²) in [6.07, 6.45) is 9.16. The molecule has 4 rings (SSSR count). The fourth-order valence-corrected chi connectivity index (χ4v) is 4.71. The molecule has 5 heteroatoms. The maximum absolute atomic E-state index is 6.38. The molecule has 2 aromatic rings. The number of aryl methyl sites for hydroxylation is 1. The van der Waals surface area contributed by atoms with Crippen LogP contribution in [0.1, 0.15) is 55.2 Å².